The molecule has 1 N–H and O–H groups in total. The fourth-order valence-corrected chi connectivity index (χ4v) is 2.26. The molecule has 0 bridgehead atoms. The Labute approximate surface area is 117 Å². The monoisotopic (exact) mass is 329 g/mol. The third-order valence-electron chi connectivity index (χ3n) is 2.32. The number of aryl methyl sites for hydroxylation is 1. The van der Waals surface area contributed by atoms with Crippen molar-refractivity contribution in [1.29, 1.82) is 0 Å². The summed E-state index contributed by atoms with van der Waals surface area (Å²) in [5.41, 5.74) is 0.608. The van der Waals surface area contributed by atoms with Gasteiger partial charge in [0.2, 0.25) is 0 Å². The van der Waals surface area contributed by atoms with Gasteiger partial charge in [0, 0.05) is 10.9 Å². The minimum atomic E-state index is -1.16. The van der Waals surface area contributed by atoms with Gasteiger partial charge in [0.05, 0.1) is 10.7 Å². The Morgan fingerprint density at radius 3 is 2.83 bits per heavy atom. The van der Waals surface area contributed by atoms with Crippen molar-refractivity contribution >= 4 is 33.5 Å². The van der Waals surface area contributed by atoms with E-state index in [1.807, 2.05) is 13.0 Å². The van der Waals surface area contributed by atoms with Crippen molar-refractivity contribution in [3.63, 3.8) is 0 Å². The molecule has 0 unspecified atom stereocenters. The standard InChI is InChI=1S/C11H9BrClN3O2/c1-2-9-14-10(11(17)18)15-16(9)8-4-3-6(12)5-7(8)13/h3-5H,2H2,1H3,(H,17,18). The van der Waals surface area contributed by atoms with E-state index in [0.29, 0.717) is 23.0 Å². The molecule has 0 spiro atoms. The molecule has 5 nitrogen and oxygen atoms in total. The number of carboxylic acids is 1. The highest BCUT2D eigenvalue weighted by Gasteiger charge is 2.16. The molecule has 1 aromatic heterocycles. The summed E-state index contributed by atoms with van der Waals surface area (Å²) in [6.07, 6.45) is 0.562. The molecule has 0 atom stereocenters. The Balaban J connectivity index is 2.58. The molecule has 0 saturated heterocycles. The van der Waals surface area contributed by atoms with Crippen LogP contribution in [0, 0.1) is 0 Å². The molecule has 7 heteroatoms. The number of halogens is 2. The van der Waals surface area contributed by atoms with Crippen LogP contribution in [0.25, 0.3) is 5.69 Å². The maximum absolute atomic E-state index is 10.9. The van der Waals surface area contributed by atoms with E-state index in [4.69, 9.17) is 16.7 Å². The normalized spacial score (nSPS) is 10.6. The quantitative estimate of drug-likeness (QED) is 0.939. The van der Waals surface area contributed by atoms with Crippen LogP contribution >= 0.6 is 27.5 Å². The number of carboxylic acid groups (broad SMARTS) is 1. The Morgan fingerprint density at radius 1 is 1.56 bits per heavy atom. The molecular weight excluding hydrogens is 321 g/mol. The molecule has 2 rings (SSSR count). The summed E-state index contributed by atoms with van der Waals surface area (Å²) in [4.78, 5) is 14.8. The third-order valence-corrected chi connectivity index (χ3v) is 3.12. The van der Waals surface area contributed by atoms with Gasteiger partial charge in [-0.05, 0) is 18.2 Å². The van der Waals surface area contributed by atoms with Gasteiger partial charge in [0.15, 0.2) is 0 Å². The van der Waals surface area contributed by atoms with Crippen molar-refractivity contribution in [2.45, 2.75) is 13.3 Å². The summed E-state index contributed by atoms with van der Waals surface area (Å²) >= 11 is 9.42. The first-order valence-corrected chi connectivity index (χ1v) is 6.34. The second-order valence-electron chi connectivity index (χ2n) is 3.52. The van der Waals surface area contributed by atoms with E-state index in [9.17, 15) is 4.79 Å². The van der Waals surface area contributed by atoms with Gasteiger partial charge in [-0.2, -0.15) is 0 Å². The van der Waals surface area contributed by atoms with Crippen LogP contribution in [0.2, 0.25) is 5.02 Å². The van der Waals surface area contributed by atoms with E-state index in [2.05, 4.69) is 26.0 Å². The Kier molecular flexibility index (Phi) is 3.68. The van der Waals surface area contributed by atoms with Gasteiger partial charge >= 0.3 is 5.97 Å². The molecule has 0 radical (unpaired) electrons. The largest absolute Gasteiger partial charge is 0.475 e. The third kappa shape index (κ3) is 2.39. The minimum Gasteiger partial charge on any atom is -0.475 e. The highest BCUT2D eigenvalue weighted by Crippen LogP contribution is 2.25. The zero-order valence-corrected chi connectivity index (χ0v) is 11.7. The van der Waals surface area contributed by atoms with E-state index in [0.717, 1.165) is 4.47 Å². The topological polar surface area (TPSA) is 68.0 Å². The van der Waals surface area contributed by atoms with E-state index in [-0.39, 0.29) is 5.82 Å². The molecule has 2 aromatic rings. The van der Waals surface area contributed by atoms with Gasteiger partial charge in [0.1, 0.15) is 5.82 Å². The van der Waals surface area contributed by atoms with E-state index in [1.54, 1.807) is 12.1 Å². The fourth-order valence-electron chi connectivity index (χ4n) is 1.51. The molecule has 1 heterocycles. The zero-order chi connectivity index (χ0) is 13.3. The van der Waals surface area contributed by atoms with Gasteiger partial charge < -0.3 is 5.11 Å². The van der Waals surface area contributed by atoms with Gasteiger partial charge in [-0.25, -0.2) is 14.5 Å². The lowest BCUT2D eigenvalue weighted by atomic mass is 10.3. The molecular formula is C11H9BrClN3O2. The molecule has 0 aliphatic rings. The van der Waals surface area contributed by atoms with Crippen LogP contribution in [-0.2, 0) is 6.42 Å². The van der Waals surface area contributed by atoms with Crippen molar-refractivity contribution in [2.75, 3.05) is 0 Å². The van der Waals surface area contributed by atoms with E-state index >= 15 is 0 Å². The van der Waals surface area contributed by atoms with Crippen LogP contribution in [0.4, 0.5) is 0 Å². The second kappa shape index (κ2) is 5.07. The SMILES string of the molecule is CCc1nc(C(=O)O)nn1-c1ccc(Br)cc1Cl. The maximum atomic E-state index is 10.9. The Hall–Kier alpha value is -1.40. The number of hydrogen-bond acceptors (Lipinski definition) is 3. The van der Waals surface area contributed by atoms with E-state index < -0.39 is 5.97 Å². The minimum absolute atomic E-state index is 0.231. The molecule has 0 amide bonds. The van der Waals surface area contributed by atoms with Crippen molar-refractivity contribution in [2.24, 2.45) is 0 Å². The van der Waals surface area contributed by atoms with Gasteiger partial charge in [-0.1, -0.05) is 34.5 Å². The van der Waals surface area contributed by atoms with Crippen LogP contribution in [0.5, 0.6) is 0 Å². The molecule has 0 aliphatic carbocycles. The average Bonchev–Trinajstić information content (AvgIpc) is 2.73. The van der Waals surface area contributed by atoms with Gasteiger partial charge in [0.25, 0.3) is 5.82 Å². The summed E-state index contributed by atoms with van der Waals surface area (Å²) in [6.45, 7) is 1.87. The highest BCUT2D eigenvalue weighted by atomic mass is 79.9. The summed E-state index contributed by atoms with van der Waals surface area (Å²) < 4.78 is 2.30. The summed E-state index contributed by atoms with van der Waals surface area (Å²) in [5.74, 6) is -0.834. The first kappa shape index (κ1) is 13.0. The molecule has 0 aliphatic heterocycles. The fraction of sp³-hybridized carbons (Fsp3) is 0.182. The molecule has 18 heavy (non-hydrogen) atoms. The van der Waals surface area contributed by atoms with Gasteiger partial charge in [-0.3, -0.25) is 0 Å². The smallest absolute Gasteiger partial charge is 0.375 e. The second-order valence-corrected chi connectivity index (χ2v) is 4.84. The Morgan fingerprint density at radius 2 is 2.28 bits per heavy atom. The lowest BCUT2D eigenvalue weighted by molar-refractivity contribution is 0.0683. The van der Waals surface area contributed by atoms with Crippen LogP contribution in [0.3, 0.4) is 0 Å². The number of nitrogens with zero attached hydrogens (tertiary/aromatic N) is 3. The number of aromatic carboxylic acids is 1. The number of aromatic nitrogens is 3. The molecule has 0 fully saturated rings. The zero-order valence-electron chi connectivity index (χ0n) is 9.39. The lowest BCUT2D eigenvalue weighted by Crippen LogP contribution is -2.04. The van der Waals surface area contributed by atoms with Crippen LogP contribution in [-0.4, -0.2) is 25.8 Å². The lowest BCUT2D eigenvalue weighted by Gasteiger charge is -2.06. The Bertz CT molecular complexity index is 612. The number of rotatable bonds is 3. The molecule has 0 saturated carbocycles. The first-order valence-electron chi connectivity index (χ1n) is 5.17. The van der Waals surface area contributed by atoms with E-state index in [1.165, 1.54) is 4.68 Å². The first-order chi connectivity index (χ1) is 8.52. The van der Waals surface area contributed by atoms with Crippen LogP contribution in [0.1, 0.15) is 23.4 Å². The van der Waals surface area contributed by atoms with Gasteiger partial charge in [-0.15, -0.1) is 5.10 Å². The highest BCUT2D eigenvalue weighted by molar-refractivity contribution is 9.10. The van der Waals surface area contributed by atoms with Crippen LogP contribution in [0.15, 0.2) is 22.7 Å². The van der Waals surface area contributed by atoms with Crippen LogP contribution < -0.4 is 0 Å². The molecule has 1 aromatic carbocycles. The van der Waals surface area contributed by atoms with Crippen molar-refractivity contribution in [3.05, 3.63) is 39.3 Å². The van der Waals surface area contributed by atoms with Crippen molar-refractivity contribution in [1.82, 2.24) is 14.8 Å². The maximum Gasteiger partial charge on any atom is 0.375 e. The summed E-state index contributed by atoms with van der Waals surface area (Å²) in [7, 11) is 0. The summed E-state index contributed by atoms with van der Waals surface area (Å²) in [5, 5.41) is 13.3. The van der Waals surface area contributed by atoms with Crippen molar-refractivity contribution < 1.29 is 9.90 Å². The average molecular weight is 331 g/mol. The predicted octanol–water partition coefficient (Wildman–Crippen LogP) is 2.94. The summed E-state index contributed by atoms with van der Waals surface area (Å²) in [6, 6.07) is 5.28. The number of benzene rings is 1. The predicted molar refractivity (Wildman–Crippen MR) is 70.4 cm³/mol. The van der Waals surface area contributed by atoms with Crippen molar-refractivity contribution in [3.8, 4) is 5.69 Å². The number of carbonyl (C=O) groups is 1. The molecule has 94 valence electrons. The number of hydrogen-bond donors (Lipinski definition) is 1.